The topological polar surface area (TPSA) is 33.1 Å². The Hall–Kier alpha value is -0.780. The molecule has 0 amide bonds. The predicted octanol–water partition coefficient (Wildman–Crippen LogP) is 3.98. The number of benzene rings is 1. The summed E-state index contributed by atoms with van der Waals surface area (Å²) in [7, 11) is 0. The van der Waals surface area contributed by atoms with E-state index < -0.39 is 5.41 Å². The van der Waals surface area contributed by atoms with E-state index >= 15 is 0 Å². The molecule has 1 N–H and O–H groups in total. The normalized spacial score (nSPS) is 11.8. The Morgan fingerprint density at radius 3 is 2.83 bits per heavy atom. The van der Waals surface area contributed by atoms with Crippen LogP contribution in [0, 0.1) is 5.82 Å². The first-order chi connectivity index (χ1) is 8.44. The summed E-state index contributed by atoms with van der Waals surface area (Å²) in [5.74, 6) is -0.295. The van der Waals surface area contributed by atoms with Gasteiger partial charge in [0.15, 0.2) is 0 Å². The molecule has 0 fully saturated rings. The van der Waals surface area contributed by atoms with Gasteiger partial charge in [-0.2, -0.15) is 0 Å². The van der Waals surface area contributed by atoms with Crippen LogP contribution in [-0.2, 0) is 5.41 Å². The summed E-state index contributed by atoms with van der Waals surface area (Å²) in [5.41, 5.74) is 0.682. The Morgan fingerprint density at radius 1 is 1.44 bits per heavy atom. The van der Waals surface area contributed by atoms with Crippen molar-refractivity contribution in [3.63, 3.8) is 0 Å². The number of nitrogens with zero attached hydrogens (tertiary/aromatic N) is 1. The Balaban J connectivity index is 2.44. The fraction of sp³-hybridized carbons (Fsp3) is 0.308. The lowest BCUT2D eigenvalue weighted by atomic mass is 9.96. The Labute approximate surface area is 118 Å². The zero-order chi connectivity index (χ0) is 13.3. The first-order valence-electron chi connectivity index (χ1n) is 5.46. The molecular weight excluding hydrogens is 317 g/mol. The maximum absolute atomic E-state index is 13.7. The third kappa shape index (κ3) is 2.63. The highest BCUT2D eigenvalue weighted by molar-refractivity contribution is 9.10. The van der Waals surface area contributed by atoms with Crippen molar-refractivity contribution in [2.24, 2.45) is 0 Å². The monoisotopic (exact) mass is 329 g/mol. The number of halogens is 2. The summed E-state index contributed by atoms with van der Waals surface area (Å²) < 4.78 is 14.6. The highest BCUT2D eigenvalue weighted by Crippen LogP contribution is 2.32. The van der Waals surface area contributed by atoms with Crippen LogP contribution in [0.3, 0.4) is 0 Å². The molecule has 1 aromatic carbocycles. The van der Waals surface area contributed by atoms with Crippen LogP contribution >= 0.6 is 27.3 Å². The van der Waals surface area contributed by atoms with E-state index in [0.717, 1.165) is 9.48 Å². The molecule has 5 heteroatoms. The maximum Gasteiger partial charge on any atom is 0.132 e. The van der Waals surface area contributed by atoms with Gasteiger partial charge >= 0.3 is 0 Å². The first-order valence-corrected chi connectivity index (χ1v) is 7.13. The van der Waals surface area contributed by atoms with E-state index in [1.807, 2.05) is 19.2 Å². The number of hydrogen-bond donors (Lipinski definition) is 1. The predicted molar refractivity (Wildman–Crippen MR) is 75.3 cm³/mol. The van der Waals surface area contributed by atoms with E-state index in [1.54, 1.807) is 12.1 Å². The van der Waals surface area contributed by atoms with Crippen LogP contribution in [0.25, 0.3) is 11.3 Å². The largest absolute Gasteiger partial charge is 0.395 e. The van der Waals surface area contributed by atoms with Crippen LogP contribution in [0.2, 0.25) is 0 Å². The van der Waals surface area contributed by atoms with Crippen LogP contribution in [0.4, 0.5) is 4.39 Å². The zero-order valence-corrected chi connectivity index (χ0v) is 12.5. The van der Waals surface area contributed by atoms with Gasteiger partial charge in [-0.1, -0.05) is 29.8 Å². The number of aliphatic hydroxyl groups is 1. The molecule has 0 unspecified atom stereocenters. The molecule has 2 nitrogen and oxygen atoms in total. The SMILES string of the molecule is CC(C)(CO)c1nc(-c2cc(Br)ccc2F)cs1. The smallest absolute Gasteiger partial charge is 0.132 e. The Kier molecular flexibility index (Phi) is 3.84. The second-order valence-corrected chi connectivity index (χ2v) is 6.48. The molecule has 1 aromatic heterocycles. The van der Waals surface area contributed by atoms with Gasteiger partial charge in [0.05, 0.1) is 12.3 Å². The van der Waals surface area contributed by atoms with Gasteiger partial charge < -0.3 is 5.11 Å². The van der Waals surface area contributed by atoms with Gasteiger partial charge in [0, 0.05) is 20.8 Å². The molecule has 2 aromatic rings. The van der Waals surface area contributed by atoms with Crippen LogP contribution < -0.4 is 0 Å². The van der Waals surface area contributed by atoms with Gasteiger partial charge in [0.2, 0.25) is 0 Å². The minimum absolute atomic E-state index is 0.0148. The number of aromatic nitrogens is 1. The lowest BCUT2D eigenvalue weighted by Gasteiger charge is -2.17. The van der Waals surface area contributed by atoms with Crippen LogP contribution in [0.5, 0.6) is 0 Å². The molecule has 0 saturated carbocycles. The van der Waals surface area contributed by atoms with Gasteiger partial charge in [-0.25, -0.2) is 9.37 Å². The minimum atomic E-state index is -0.397. The van der Waals surface area contributed by atoms with E-state index in [1.165, 1.54) is 17.4 Å². The summed E-state index contributed by atoms with van der Waals surface area (Å²) in [4.78, 5) is 4.42. The fourth-order valence-electron chi connectivity index (χ4n) is 1.47. The fourth-order valence-corrected chi connectivity index (χ4v) is 2.77. The summed E-state index contributed by atoms with van der Waals surface area (Å²) in [6, 6.07) is 4.78. The molecule has 1 heterocycles. The van der Waals surface area contributed by atoms with E-state index in [-0.39, 0.29) is 12.4 Å². The molecule has 0 bridgehead atoms. The molecule has 2 rings (SSSR count). The van der Waals surface area contributed by atoms with Crippen molar-refractivity contribution >= 4 is 27.3 Å². The lowest BCUT2D eigenvalue weighted by Crippen LogP contribution is -2.21. The van der Waals surface area contributed by atoms with Crippen LogP contribution in [0.1, 0.15) is 18.9 Å². The standard InChI is InChI=1S/C13H13BrFNOS/c1-13(2,7-17)12-16-11(6-18-12)9-5-8(14)3-4-10(9)15/h3-6,17H,7H2,1-2H3. The van der Waals surface area contributed by atoms with Crippen molar-refractivity contribution in [1.29, 1.82) is 0 Å². The zero-order valence-electron chi connectivity index (χ0n) is 10.1. The third-order valence-electron chi connectivity index (χ3n) is 2.68. The highest BCUT2D eigenvalue weighted by Gasteiger charge is 2.24. The summed E-state index contributed by atoms with van der Waals surface area (Å²) in [6.45, 7) is 3.83. The molecule has 0 spiro atoms. The molecule has 0 aliphatic rings. The molecule has 18 heavy (non-hydrogen) atoms. The molecular formula is C13H13BrFNOS. The van der Waals surface area contributed by atoms with Crippen molar-refractivity contribution in [3.05, 3.63) is 38.9 Å². The second kappa shape index (κ2) is 5.07. The van der Waals surface area contributed by atoms with E-state index in [9.17, 15) is 9.50 Å². The van der Waals surface area contributed by atoms with E-state index in [4.69, 9.17) is 0 Å². The lowest BCUT2D eigenvalue weighted by molar-refractivity contribution is 0.218. The van der Waals surface area contributed by atoms with E-state index in [2.05, 4.69) is 20.9 Å². The van der Waals surface area contributed by atoms with Crippen molar-refractivity contribution in [2.75, 3.05) is 6.61 Å². The minimum Gasteiger partial charge on any atom is -0.395 e. The van der Waals surface area contributed by atoms with Gasteiger partial charge in [-0.3, -0.25) is 0 Å². The van der Waals surface area contributed by atoms with Crippen molar-refractivity contribution < 1.29 is 9.50 Å². The molecule has 0 radical (unpaired) electrons. The van der Waals surface area contributed by atoms with Gasteiger partial charge in [-0.15, -0.1) is 11.3 Å². The van der Waals surface area contributed by atoms with E-state index in [0.29, 0.717) is 11.3 Å². The van der Waals surface area contributed by atoms with Crippen molar-refractivity contribution in [1.82, 2.24) is 4.98 Å². The Bertz CT molecular complexity index is 568. The average molecular weight is 330 g/mol. The summed E-state index contributed by atoms with van der Waals surface area (Å²) in [5, 5.41) is 11.9. The first kappa shape index (κ1) is 13.6. The summed E-state index contributed by atoms with van der Waals surface area (Å²) in [6.07, 6.45) is 0. The van der Waals surface area contributed by atoms with Gasteiger partial charge in [0.1, 0.15) is 10.8 Å². The maximum atomic E-state index is 13.7. The number of thiazole rings is 1. The number of hydrogen-bond acceptors (Lipinski definition) is 3. The molecule has 0 atom stereocenters. The van der Waals surface area contributed by atoms with Crippen LogP contribution in [-0.4, -0.2) is 16.7 Å². The Morgan fingerprint density at radius 2 is 2.17 bits per heavy atom. The third-order valence-corrected chi connectivity index (χ3v) is 4.38. The quantitative estimate of drug-likeness (QED) is 0.923. The molecule has 0 saturated heterocycles. The molecule has 96 valence electrons. The molecule has 0 aliphatic carbocycles. The average Bonchev–Trinajstić information content (AvgIpc) is 2.82. The highest BCUT2D eigenvalue weighted by atomic mass is 79.9. The summed E-state index contributed by atoms with van der Waals surface area (Å²) >= 11 is 4.76. The molecule has 0 aliphatic heterocycles. The van der Waals surface area contributed by atoms with Gasteiger partial charge in [-0.05, 0) is 18.2 Å². The van der Waals surface area contributed by atoms with Gasteiger partial charge in [0.25, 0.3) is 0 Å². The van der Waals surface area contributed by atoms with Crippen LogP contribution in [0.15, 0.2) is 28.1 Å². The number of rotatable bonds is 3. The van der Waals surface area contributed by atoms with Crippen molar-refractivity contribution in [2.45, 2.75) is 19.3 Å². The number of aliphatic hydroxyl groups excluding tert-OH is 1. The second-order valence-electron chi connectivity index (χ2n) is 4.70. The van der Waals surface area contributed by atoms with Crippen molar-refractivity contribution in [3.8, 4) is 11.3 Å².